The molecule has 1 amide bonds. The van der Waals surface area contributed by atoms with E-state index in [1.54, 1.807) is 4.31 Å². The summed E-state index contributed by atoms with van der Waals surface area (Å²) in [6.45, 7) is 0.738. The van der Waals surface area contributed by atoms with Gasteiger partial charge in [0.15, 0.2) is 0 Å². The predicted molar refractivity (Wildman–Crippen MR) is 91.7 cm³/mol. The Kier molecular flexibility index (Phi) is 3.92. The zero-order chi connectivity index (χ0) is 16.8. The van der Waals surface area contributed by atoms with Crippen molar-refractivity contribution in [3.05, 3.63) is 35.9 Å². The van der Waals surface area contributed by atoms with Crippen molar-refractivity contribution in [1.29, 1.82) is 0 Å². The molecule has 1 atom stereocenters. The molecule has 2 aliphatic carbocycles. The average molecular weight is 348 g/mol. The normalized spacial score (nSPS) is 27.3. The summed E-state index contributed by atoms with van der Waals surface area (Å²) >= 11 is 0. The SMILES string of the molecule is O=C1CC(c2ccccc2)N(S(=O)(=O)CC2CC3(CC3)C2)CCN1. The molecule has 1 aromatic carbocycles. The molecular weight excluding hydrogens is 324 g/mol. The van der Waals surface area contributed by atoms with Gasteiger partial charge in [0, 0.05) is 19.5 Å². The molecule has 3 fully saturated rings. The molecule has 0 aromatic heterocycles. The second kappa shape index (κ2) is 5.85. The smallest absolute Gasteiger partial charge is 0.222 e. The van der Waals surface area contributed by atoms with Crippen LogP contribution in [0.15, 0.2) is 30.3 Å². The van der Waals surface area contributed by atoms with Crippen molar-refractivity contribution >= 4 is 15.9 Å². The van der Waals surface area contributed by atoms with E-state index in [2.05, 4.69) is 5.32 Å². The highest BCUT2D eigenvalue weighted by molar-refractivity contribution is 7.89. The molecule has 1 saturated heterocycles. The van der Waals surface area contributed by atoms with Crippen molar-refractivity contribution in [1.82, 2.24) is 9.62 Å². The molecule has 6 heteroatoms. The van der Waals surface area contributed by atoms with Gasteiger partial charge in [0.05, 0.1) is 11.8 Å². The fourth-order valence-corrected chi connectivity index (χ4v) is 6.34. The molecule has 1 N–H and O–H groups in total. The molecule has 1 aliphatic heterocycles. The lowest BCUT2D eigenvalue weighted by molar-refractivity contribution is -0.121. The van der Waals surface area contributed by atoms with Gasteiger partial charge in [-0.15, -0.1) is 0 Å². The Labute approximate surface area is 143 Å². The van der Waals surface area contributed by atoms with Gasteiger partial charge in [0.2, 0.25) is 15.9 Å². The first-order valence-electron chi connectivity index (χ1n) is 8.79. The largest absolute Gasteiger partial charge is 0.355 e. The summed E-state index contributed by atoms with van der Waals surface area (Å²) in [5, 5.41) is 2.81. The summed E-state index contributed by atoms with van der Waals surface area (Å²) in [6.07, 6.45) is 4.87. The maximum Gasteiger partial charge on any atom is 0.222 e. The Bertz CT molecular complexity index is 720. The van der Waals surface area contributed by atoms with E-state index in [-0.39, 0.29) is 18.1 Å². The molecule has 1 unspecified atom stereocenters. The number of carbonyl (C=O) groups excluding carboxylic acids is 1. The summed E-state index contributed by atoms with van der Waals surface area (Å²) in [7, 11) is -3.37. The van der Waals surface area contributed by atoms with E-state index in [4.69, 9.17) is 0 Å². The number of nitrogens with zero attached hydrogens (tertiary/aromatic N) is 1. The number of amides is 1. The van der Waals surface area contributed by atoms with E-state index in [0.717, 1.165) is 18.4 Å². The van der Waals surface area contributed by atoms with Crippen LogP contribution in [0.1, 0.15) is 43.7 Å². The minimum absolute atomic E-state index is 0.0814. The minimum atomic E-state index is -3.37. The summed E-state index contributed by atoms with van der Waals surface area (Å²) in [5.74, 6) is 0.440. The monoisotopic (exact) mass is 348 g/mol. The Balaban J connectivity index is 1.56. The summed E-state index contributed by atoms with van der Waals surface area (Å²) in [6, 6.07) is 9.12. The maximum absolute atomic E-state index is 13.1. The Hall–Kier alpha value is -1.40. The lowest BCUT2D eigenvalue weighted by Crippen LogP contribution is -2.42. The Morgan fingerprint density at radius 3 is 2.54 bits per heavy atom. The lowest BCUT2D eigenvalue weighted by Gasteiger charge is -2.38. The molecule has 1 aromatic rings. The molecule has 3 aliphatic rings. The first-order chi connectivity index (χ1) is 11.5. The van der Waals surface area contributed by atoms with E-state index in [1.807, 2.05) is 30.3 Å². The van der Waals surface area contributed by atoms with Crippen molar-refractivity contribution in [2.45, 2.75) is 38.1 Å². The third-order valence-corrected chi connectivity index (χ3v) is 7.81. The van der Waals surface area contributed by atoms with Crippen LogP contribution in [0.5, 0.6) is 0 Å². The topological polar surface area (TPSA) is 66.5 Å². The van der Waals surface area contributed by atoms with Crippen LogP contribution in [0.2, 0.25) is 0 Å². The molecule has 2 saturated carbocycles. The number of sulfonamides is 1. The van der Waals surface area contributed by atoms with E-state index < -0.39 is 16.1 Å². The molecular formula is C18H24N2O3S. The van der Waals surface area contributed by atoms with Crippen LogP contribution in [0.4, 0.5) is 0 Å². The van der Waals surface area contributed by atoms with Gasteiger partial charge in [-0.3, -0.25) is 4.79 Å². The van der Waals surface area contributed by atoms with Crippen LogP contribution in [-0.4, -0.2) is 37.5 Å². The van der Waals surface area contributed by atoms with Crippen molar-refractivity contribution in [3.63, 3.8) is 0 Å². The summed E-state index contributed by atoms with van der Waals surface area (Å²) < 4.78 is 27.7. The fraction of sp³-hybridized carbons (Fsp3) is 0.611. The van der Waals surface area contributed by atoms with Crippen LogP contribution >= 0.6 is 0 Å². The molecule has 5 nitrogen and oxygen atoms in total. The third-order valence-electron chi connectivity index (χ3n) is 5.77. The van der Waals surface area contributed by atoms with Crippen LogP contribution < -0.4 is 5.32 Å². The van der Waals surface area contributed by atoms with Gasteiger partial charge in [0.25, 0.3) is 0 Å². The minimum Gasteiger partial charge on any atom is -0.355 e. The van der Waals surface area contributed by atoms with Crippen molar-refractivity contribution in [2.24, 2.45) is 11.3 Å². The van der Waals surface area contributed by atoms with E-state index in [0.29, 0.717) is 24.4 Å². The van der Waals surface area contributed by atoms with E-state index in [9.17, 15) is 13.2 Å². The number of rotatable bonds is 4. The number of hydrogen-bond donors (Lipinski definition) is 1. The molecule has 4 rings (SSSR count). The highest BCUT2D eigenvalue weighted by atomic mass is 32.2. The zero-order valence-electron chi connectivity index (χ0n) is 13.8. The molecule has 0 radical (unpaired) electrons. The van der Waals surface area contributed by atoms with Gasteiger partial charge < -0.3 is 5.32 Å². The van der Waals surface area contributed by atoms with E-state index in [1.165, 1.54) is 12.8 Å². The Morgan fingerprint density at radius 2 is 1.88 bits per heavy atom. The van der Waals surface area contributed by atoms with Crippen molar-refractivity contribution < 1.29 is 13.2 Å². The zero-order valence-corrected chi connectivity index (χ0v) is 14.6. The van der Waals surface area contributed by atoms with Gasteiger partial charge in [-0.05, 0) is 42.6 Å². The second-order valence-corrected chi connectivity index (χ2v) is 9.61. The van der Waals surface area contributed by atoms with Crippen LogP contribution in [-0.2, 0) is 14.8 Å². The van der Waals surface area contributed by atoms with Crippen molar-refractivity contribution in [2.75, 3.05) is 18.8 Å². The molecule has 130 valence electrons. The highest BCUT2D eigenvalue weighted by Gasteiger charge is 2.54. The first-order valence-corrected chi connectivity index (χ1v) is 10.4. The highest BCUT2D eigenvalue weighted by Crippen LogP contribution is 2.63. The molecule has 24 heavy (non-hydrogen) atoms. The van der Waals surface area contributed by atoms with Crippen LogP contribution in [0.25, 0.3) is 0 Å². The Morgan fingerprint density at radius 1 is 1.17 bits per heavy atom. The fourth-order valence-electron chi connectivity index (χ4n) is 4.36. The summed E-state index contributed by atoms with van der Waals surface area (Å²) in [5.41, 5.74) is 1.40. The molecule has 0 bridgehead atoms. The average Bonchev–Trinajstić information content (AvgIpc) is 3.32. The quantitative estimate of drug-likeness (QED) is 0.906. The molecule has 1 heterocycles. The van der Waals surface area contributed by atoms with Crippen molar-refractivity contribution in [3.8, 4) is 0 Å². The lowest BCUT2D eigenvalue weighted by atomic mass is 9.73. The second-order valence-electron chi connectivity index (χ2n) is 7.64. The van der Waals surface area contributed by atoms with Gasteiger partial charge >= 0.3 is 0 Å². The van der Waals surface area contributed by atoms with Gasteiger partial charge in [0.1, 0.15) is 0 Å². The van der Waals surface area contributed by atoms with Gasteiger partial charge in [-0.2, -0.15) is 4.31 Å². The van der Waals surface area contributed by atoms with E-state index >= 15 is 0 Å². The number of benzene rings is 1. The third kappa shape index (κ3) is 3.09. The van der Waals surface area contributed by atoms with Gasteiger partial charge in [-0.1, -0.05) is 30.3 Å². The predicted octanol–water partition coefficient (Wildman–Crippen LogP) is 2.07. The van der Waals surface area contributed by atoms with Crippen LogP contribution in [0.3, 0.4) is 0 Å². The summed E-state index contributed by atoms with van der Waals surface area (Å²) in [4.78, 5) is 12.0. The number of carbonyl (C=O) groups is 1. The molecule has 1 spiro atoms. The number of nitrogens with one attached hydrogen (secondary N) is 1. The maximum atomic E-state index is 13.1. The standard InChI is InChI=1S/C18H24N2O3S/c21-17-10-16(15-4-2-1-3-5-15)20(9-8-19-17)24(22,23)13-14-11-18(12-14)6-7-18/h1-5,14,16H,6-13H2,(H,19,21). The van der Waals surface area contributed by atoms with Gasteiger partial charge in [-0.25, -0.2) is 8.42 Å². The first kappa shape index (κ1) is 16.1. The number of hydrogen-bond acceptors (Lipinski definition) is 3. The van der Waals surface area contributed by atoms with Crippen LogP contribution in [0, 0.1) is 11.3 Å².